The monoisotopic (exact) mass is 418 g/mol. The van der Waals surface area contributed by atoms with Crippen molar-refractivity contribution in [3.8, 4) is 11.4 Å². The molecule has 2 heterocycles. The van der Waals surface area contributed by atoms with E-state index in [2.05, 4.69) is 48.3 Å². The smallest absolute Gasteiger partial charge is 0.183 e. The van der Waals surface area contributed by atoms with Gasteiger partial charge in [0, 0.05) is 26.8 Å². The van der Waals surface area contributed by atoms with Gasteiger partial charge in [-0.15, -0.1) is 11.3 Å². The Bertz CT molecular complexity index is 993. The molecule has 0 fully saturated rings. The van der Waals surface area contributed by atoms with Crippen LogP contribution in [0.2, 0.25) is 4.47 Å². The molecule has 0 radical (unpaired) electrons. The van der Waals surface area contributed by atoms with Crippen LogP contribution in [0.1, 0.15) is 4.88 Å². The number of halogens is 2. The number of aromatic nitrogens is 3. The summed E-state index contributed by atoms with van der Waals surface area (Å²) in [6, 6.07) is 14.2. The van der Waals surface area contributed by atoms with Crippen LogP contribution in [0.5, 0.6) is 0 Å². The Morgan fingerprint density at radius 3 is 2.75 bits per heavy atom. The van der Waals surface area contributed by atoms with Crippen LogP contribution in [-0.4, -0.2) is 15.0 Å². The molecule has 0 saturated heterocycles. The molecule has 7 heteroatoms. The Hall–Kier alpha value is -1.89. The number of hydrogen-bond donors (Lipinski definition) is 2. The van der Waals surface area contributed by atoms with Gasteiger partial charge in [-0.1, -0.05) is 27.5 Å². The number of rotatable bonds is 4. The average molecular weight is 420 g/mol. The minimum atomic E-state index is 0.568. The Kier molecular flexibility index (Phi) is 4.26. The molecule has 2 aromatic carbocycles. The number of nitrogens with one attached hydrogen (secondary N) is 2. The average Bonchev–Trinajstić information content (AvgIpc) is 3.19. The normalized spacial score (nSPS) is 11.1. The highest BCUT2D eigenvalue weighted by molar-refractivity contribution is 9.10. The molecule has 2 N–H and O–H groups in total. The van der Waals surface area contributed by atoms with Gasteiger partial charge in [0.25, 0.3) is 0 Å². The van der Waals surface area contributed by atoms with E-state index in [1.54, 1.807) is 6.20 Å². The number of thiazole rings is 1. The van der Waals surface area contributed by atoms with Crippen molar-refractivity contribution in [3.05, 3.63) is 62.5 Å². The van der Waals surface area contributed by atoms with Gasteiger partial charge in [-0.05, 0) is 42.5 Å². The molecule has 4 aromatic rings. The van der Waals surface area contributed by atoms with E-state index in [0.717, 1.165) is 37.5 Å². The third-order valence-corrected chi connectivity index (χ3v) is 5.20. The summed E-state index contributed by atoms with van der Waals surface area (Å²) < 4.78 is 1.60. The largest absolute Gasteiger partial charge is 0.380 e. The molecule has 0 atom stereocenters. The van der Waals surface area contributed by atoms with Crippen LogP contribution in [0.15, 0.2) is 53.1 Å². The topological polar surface area (TPSA) is 53.6 Å². The first-order valence-corrected chi connectivity index (χ1v) is 9.26. The van der Waals surface area contributed by atoms with Crippen LogP contribution in [-0.2, 0) is 6.54 Å². The van der Waals surface area contributed by atoms with E-state index >= 15 is 0 Å². The maximum atomic E-state index is 5.84. The van der Waals surface area contributed by atoms with E-state index in [0.29, 0.717) is 11.0 Å². The molecule has 4 nitrogen and oxygen atoms in total. The summed E-state index contributed by atoms with van der Waals surface area (Å²) in [5, 5.41) is 3.36. The van der Waals surface area contributed by atoms with Crippen LogP contribution in [0.25, 0.3) is 22.4 Å². The Morgan fingerprint density at radius 1 is 1.17 bits per heavy atom. The summed E-state index contributed by atoms with van der Waals surface area (Å²) in [6.45, 7) is 0.711. The first-order valence-electron chi connectivity index (χ1n) is 7.27. The van der Waals surface area contributed by atoms with Gasteiger partial charge >= 0.3 is 0 Å². The van der Waals surface area contributed by atoms with Gasteiger partial charge in [0.15, 0.2) is 4.47 Å². The van der Waals surface area contributed by atoms with Crippen molar-refractivity contribution < 1.29 is 0 Å². The molecule has 120 valence electrons. The van der Waals surface area contributed by atoms with Crippen molar-refractivity contribution in [2.75, 3.05) is 5.32 Å². The molecule has 24 heavy (non-hydrogen) atoms. The molecular weight excluding hydrogens is 408 g/mol. The summed E-state index contributed by atoms with van der Waals surface area (Å²) in [4.78, 5) is 13.1. The van der Waals surface area contributed by atoms with Crippen LogP contribution >= 0.6 is 38.9 Å². The number of H-pyrrole nitrogens is 1. The molecule has 2 aromatic heterocycles. The van der Waals surface area contributed by atoms with Crippen molar-refractivity contribution in [3.63, 3.8) is 0 Å². The van der Waals surface area contributed by atoms with Crippen LogP contribution in [0.3, 0.4) is 0 Å². The maximum Gasteiger partial charge on any atom is 0.183 e. The Balaban J connectivity index is 1.51. The number of benzene rings is 2. The highest BCUT2D eigenvalue weighted by Gasteiger charge is 2.06. The highest BCUT2D eigenvalue weighted by atomic mass is 79.9. The second kappa shape index (κ2) is 6.55. The van der Waals surface area contributed by atoms with Gasteiger partial charge in [0.2, 0.25) is 0 Å². The summed E-state index contributed by atoms with van der Waals surface area (Å²) in [6.07, 6.45) is 1.79. The molecule has 0 saturated carbocycles. The number of anilines is 1. The van der Waals surface area contributed by atoms with E-state index in [4.69, 9.17) is 11.6 Å². The highest BCUT2D eigenvalue weighted by Crippen LogP contribution is 2.25. The zero-order valence-corrected chi connectivity index (χ0v) is 15.5. The quantitative estimate of drug-likeness (QED) is 0.445. The van der Waals surface area contributed by atoms with Crippen LogP contribution in [0.4, 0.5) is 5.69 Å². The lowest BCUT2D eigenvalue weighted by Crippen LogP contribution is -1.97. The van der Waals surface area contributed by atoms with E-state index in [9.17, 15) is 0 Å². The Morgan fingerprint density at radius 2 is 2.00 bits per heavy atom. The molecule has 0 aliphatic heterocycles. The number of fused-ring (bicyclic) bond motifs is 1. The minimum Gasteiger partial charge on any atom is -0.380 e. The van der Waals surface area contributed by atoms with Crippen molar-refractivity contribution in [2.45, 2.75) is 6.54 Å². The third kappa shape index (κ3) is 3.31. The standard InChI is InChI=1S/C17H12BrClN4S/c18-11-3-6-14-15(7-11)23-16(22-14)10-1-4-12(5-2-10)20-8-13-9-21-17(19)24-13/h1-7,9,20H,8H2,(H,22,23). The molecule has 0 aliphatic rings. The van der Waals surface area contributed by atoms with E-state index in [-0.39, 0.29) is 0 Å². The molecule has 0 aliphatic carbocycles. The van der Waals surface area contributed by atoms with Crippen molar-refractivity contribution >= 4 is 55.6 Å². The lowest BCUT2D eigenvalue weighted by Gasteiger charge is -2.05. The molecule has 0 amide bonds. The zero-order valence-electron chi connectivity index (χ0n) is 12.4. The summed E-state index contributed by atoms with van der Waals surface area (Å²) in [5.74, 6) is 0.865. The predicted molar refractivity (Wildman–Crippen MR) is 104 cm³/mol. The van der Waals surface area contributed by atoms with E-state index < -0.39 is 0 Å². The van der Waals surface area contributed by atoms with Gasteiger partial charge in [0.05, 0.1) is 17.6 Å². The molecular formula is C17H12BrClN4S. The first-order chi connectivity index (χ1) is 11.7. The molecule has 4 rings (SSSR count). The third-order valence-electron chi connectivity index (χ3n) is 3.59. The number of aromatic amines is 1. The summed E-state index contributed by atoms with van der Waals surface area (Å²) in [5.41, 5.74) is 4.07. The fraction of sp³-hybridized carbons (Fsp3) is 0.0588. The van der Waals surface area contributed by atoms with E-state index in [1.807, 2.05) is 30.3 Å². The summed E-state index contributed by atoms with van der Waals surface area (Å²) in [7, 11) is 0. The van der Waals surface area contributed by atoms with Gasteiger partial charge in [-0.25, -0.2) is 9.97 Å². The Labute approximate surface area is 156 Å². The van der Waals surface area contributed by atoms with Crippen LogP contribution < -0.4 is 5.32 Å². The van der Waals surface area contributed by atoms with E-state index in [1.165, 1.54) is 11.3 Å². The second-order valence-electron chi connectivity index (χ2n) is 5.26. The van der Waals surface area contributed by atoms with Crippen molar-refractivity contribution in [1.29, 1.82) is 0 Å². The number of hydrogen-bond acceptors (Lipinski definition) is 4. The molecule has 0 unspecified atom stereocenters. The fourth-order valence-electron chi connectivity index (χ4n) is 2.42. The van der Waals surface area contributed by atoms with Gasteiger partial charge in [0.1, 0.15) is 5.82 Å². The molecule has 0 bridgehead atoms. The zero-order chi connectivity index (χ0) is 16.5. The fourth-order valence-corrected chi connectivity index (χ4v) is 3.70. The number of nitrogens with zero attached hydrogens (tertiary/aromatic N) is 2. The predicted octanol–water partition coefficient (Wildman–Crippen LogP) is 5.71. The van der Waals surface area contributed by atoms with Gasteiger partial charge in [-0.3, -0.25) is 0 Å². The maximum absolute atomic E-state index is 5.84. The molecule has 0 spiro atoms. The van der Waals surface area contributed by atoms with Gasteiger partial charge in [-0.2, -0.15) is 0 Å². The lowest BCUT2D eigenvalue weighted by atomic mass is 10.2. The minimum absolute atomic E-state index is 0.568. The van der Waals surface area contributed by atoms with Gasteiger partial charge < -0.3 is 10.3 Å². The first kappa shape index (κ1) is 15.6. The van der Waals surface area contributed by atoms with Crippen molar-refractivity contribution in [1.82, 2.24) is 15.0 Å². The lowest BCUT2D eigenvalue weighted by molar-refractivity contribution is 1.17. The van der Waals surface area contributed by atoms with Crippen LogP contribution in [0, 0.1) is 0 Å². The second-order valence-corrected chi connectivity index (χ2v) is 7.87. The number of imidazole rings is 1. The summed E-state index contributed by atoms with van der Waals surface area (Å²) >= 11 is 10.8. The van der Waals surface area contributed by atoms with Crippen molar-refractivity contribution in [2.24, 2.45) is 0 Å². The SMILES string of the molecule is Clc1ncc(CNc2ccc(-c3nc4ccc(Br)cc4[nH]3)cc2)s1.